The first-order valence-electron chi connectivity index (χ1n) is 0.783. The van der Waals surface area contributed by atoms with Gasteiger partial charge in [-0.2, -0.15) is 0 Å². The summed E-state index contributed by atoms with van der Waals surface area (Å²) in [7, 11) is 0. The van der Waals surface area contributed by atoms with E-state index in [1.54, 1.807) is 0 Å². The maximum atomic E-state index is 7.56. The molecule has 0 unspecified atom stereocenters. The van der Waals surface area contributed by atoms with Crippen molar-refractivity contribution in [2.24, 2.45) is 0 Å². The predicted molar refractivity (Wildman–Crippen MR) is 25.7 cm³/mol. The summed E-state index contributed by atoms with van der Waals surface area (Å²) in [4.78, 5) is 22.7. The Morgan fingerprint density at radius 3 is 1.29 bits per heavy atom. The van der Waals surface area contributed by atoms with E-state index in [9.17, 15) is 0 Å². The van der Waals surface area contributed by atoms with Gasteiger partial charge in [-0.25, -0.2) is 0 Å². The van der Waals surface area contributed by atoms with E-state index in [2.05, 4.69) is 11.8 Å². The molecule has 0 aromatic rings. The van der Waals surface area contributed by atoms with Gasteiger partial charge in [-0.1, -0.05) is 0 Å². The molecule has 0 heterocycles. The topological polar surface area (TPSA) is 92.2 Å². The van der Waals surface area contributed by atoms with Gasteiger partial charge in [-0.15, -0.1) is 0 Å². The minimum Gasteiger partial charge on any atom is -1.00 e. The fourth-order valence-corrected chi connectivity index (χ4v) is 0. The number of hydrogen-bond acceptors (Lipinski definition) is 1. The maximum absolute atomic E-state index is 7.56. The monoisotopic (exact) mass is 156 g/mol. The second kappa shape index (κ2) is 5.62. The molecule has 0 atom stereocenters. The smallest absolute Gasteiger partial charge is 1.00 e. The van der Waals surface area contributed by atoms with Crippen LogP contribution in [-0.4, -0.2) is 20.2 Å². The Bertz CT molecular complexity index is 62.2. The van der Waals surface area contributed by atoms with Gasteiger partial charge in [-0.05, 0) is 11.8 Å². The molecule has 0 aliphatic carbocycles. The average molecular weight is 156 g/mol. The van der Waals surface area contributed by atoms with Crippen molar-refractivity contribution in [3.05, 3.63) is 0 Å². The van der Waals surface area contributed by atoms with Crippen LogP contribution in [-0.2, 0) is 11.8 Å². The fourth-order valence-electron chi connectivity index (χ4n) is 0. The van der Waals surface area contributed by atoms with E-state index in [-0.39, 0.29) is 36.5 Å². The Balaban J connectivity index is -0.0000000267. The SMILES string of the molecule is O.OP(O)(O)=S.[H-].[Na+]. The van der Waals surface area contributed by atoms with Crippen LogP contribution in [0.4, 0.5) is 0 Å². The molecule has 5 N–H and O–H groups in total. The van der Waals surface area contributed by atoms with E-state index in [0.29, 0.717) is 0 Å². The predicted octanol–water partition coefficient (Wildman–Crippen LogP) is -4.52. The molecule has 0 aliphatic rings. The first-order chi connectivity index (χ1) is 2.00. The van der Waals surface area contributed by atoms with Crippen molar-refractivity contribution < 1.29 is 51.1 Å². The van der Waals surface area contributed by atoms with Crippen LogP contribution in [0.5, 0.6) is 0 Å². The maximum Gasteiger partial charge on any atom is 1.00 e. The zero-order valence-electron chi connectivity index (χ0n) is 4.70. The third-order valence-electron chi connectivity index (χ3n) is 0. The summed E-state index contributed by atoms with van der Waals surface area (Å²) in [5.41, 5.74) is 0. The molecule has 7 heavy (non-hydrogen) atoms. The van der Waals surface area contributed by atoms with Crippen LogP contribution in [0.1, 0.15) is 1.43 Å². The molecule has 0 saturated carbocycles. The summed E-state index contributed by atoms with van der Waals surface area (Å²) in [6.07, 6.45) is 0. The van der Waals surface area contributed by atoms with Gasteiger partial charge in [0.25, 0.3) is 0 Å². The van der Waals surface area contributed by atoms with Crippen molar-refractivity contribution in [2.75, 3.05) is 0 Å². The fraction of sp³-hybridized carbons (Fsp3) is 0. The van der Waals surface area contributed by atoms with Gasteiger partial charge < -0.3 is 21.6 Å². The third-order valence-corrected chi connectivity index (χ3v) is 0. The molecular weight excluding hydrogens is 150 g/mol. The van der Waals surface area contributed by atoms with Crippen molar-refractivity contribution in [1.29, 1.82) is 0 Å². The van der Waals surface area contributed by atoms with Crippen LogP contribution in [0.3, 0.4) is 0 Å². The summed E-state index contributed by atoms with van der Waals surface area (Å²) in [5.74, 6) is 0. The Morgan fingerprint density at radius 1 is 1.29 bits per heavy atom. The summed E-state index contributed by atoms with van der Waals surface area (Å²) in [5, 5.41) is 0. The van der Waals surface area contributed by atoms with Crippen LogP contribution in [0.25, 0.3) is 0 Å². The van der Waals surface area contributed by atoms with Gasteiger partial charge in [0, 0.05) is 0 Å². The minimum atomic E-state index is -3.81. The second-order valence-corrected chi connectivity index (χ2v) is 3.01. The number of hydrogen-bond donors (Lipinski definition) is 3. The molecule has 0 spiro atoms. The van der Waals surface area contributed by atoms with Gasteiger partial charge in [0.15, 0.2) is 0 Å². The molecule has 0 aliphatic heterocycles. The van der Waals surface area contributed by atoms with E-state index < -0.39 is 6.72 Å². The van der Waals surface area contributed by atoms with Crippen LogP contribution in [0, 0.1) is 0 Å². The Morgan fingerprint density at radius 2 is 1.29 bits per heavy atom. The van der Waals surface area contributed by atoms with Crippen LogP contribution in [0.2, 0.25) is 0 Å². The minimum absolute atomic E-state index is 0. The standard InChI is InChI=1S/Na.H3O3PS.H2O.H/c;1-4(2,3)5;;/h;(H3,1,2,3,5);1H2;/q+1;;;-1. The Labute approximate surface area is 69.5 Å². The van der Waals surface area contributed by atoms with Crippen molar-refractivity contribution in [1.82, 2.24) is 0 Å². The molecule has 0 radical (unpaired) electrons. The summed E-state index contributed by atoms with van der Waals surface area (Å²) < 4.78 is 0. The first-order valence-corrected chi connectivity index (χ1v) is 3.44. The van der Waals surface area contributed by atoms with Crippen LogP contribution >= 0.6 is 6.72 Å². The molecule has 7 heteroatoms. The molecule has 0 aromatic carbocycles. The van der Waals surface area contributed by atoms with Gasteiger partial charge in [0.2, 0.25) is 0 Å². The van der Waals surface area contributed by atoms with Crippen LogP contribution in [0.15, 0.2) is 0 Å². The third kappa shape index (κ3) is 102. The molecule has 42 valence electrons. The first kappa shape index (κ1) is 15.8. The normalized spacial score (nSPS) is 8.43. The summed E-state index contributed by atoms with van der Waals surface area (Å²) in [6.45, 7) is -3.81. The van der Waals surface area contributed by atoms with E-state index in [0.717, 1.165) is 0 Å². The van der Waals surface area contributed by atoms with Crippen molar-refractivity contribution in [2.45, 2.75) is 0 Å². The Hall–Kier alpha value is 1.49. The zero-order chi connectivity index (χ0) is 4.50. The van der Waals surface area contributed by atoms with Gasteiger partial charge in [0.1, 0.15) is 0 Å². The van der Waals surface area contributed by atoms with E-state index in [1.807, 2.05) is 0 Å². The van der Waals surface area contributed by atoms with Gasteiger partial charge >= 0.3 is 36.3 Å². The summed E-state index contributed by atoms with van der Waals surface area (Å²) >= 11 is 3.60. The molecule has 0 saturated heterocycles. The molecule has 0 bridgehead atoms. The van der Waals surface area contributed by atoms with Crippen LogP contribution < -0.4 is 29.6 Å². The van der Waals surface area contributed by atoms with Crippen molar-refractivity contribution >= 4 is 18.5 Å². The summed E-state index contributed by atoms with van der Waals surface area (Å²) in [6, 6.07) is 0. The molecule has 0 aromatic heterocycles. The Kier molecular flexibility index (Phi) is 12.7. The van der Waals surface area contributed by atoms with Gasteiger partial charge in [0.05, 0.1) is 0 Å². The van der Waals surface area contributed by atoms with Crippen molar-refractivity contribution in [3.8, 4) is 0 Å². The molecule has 0 fully saturated rings. The zero-order valence-corrected chi connectivity index (χ0v) is 7.41. The molecule has 0 amide bonds. The van der Waals surface area contributed by atoms with Gasteiger partial charge in [-0.3, -0.25) is 0 Å². The van der Waals surface area contributed by atoms with E-state index in [1.165, 1.54) is 0 Å². The molecular formula is H6NaO4PS. The average Bonchev–Trinajstić information content (AvgIpc) is 0.722. The van der Waals surface area contributed by atoms with E-state index >= 15 is 0 Å². The second-order valence-electron chi connectivity index (χ2n) is 0.513. The largest absolute Gasteiger partial charge is 1.00 e. The molecule has 4 nitrogen and oxygen atoms in total. The van der Waals surface area contributed by atoms with Crippen molar-refractivity contribution in [3.63, 3.8) is 0 Å². The quantitative estimate of drug-likeness (QED) is 0.243. The van der Waals surface area contributed by atoms with E-state index in [4.69, 9.17) is 14.7 Å². The molecule has 0 rings (SSSR count). The number of rotatable bonds is 0.